The van der Waals surface area contributed by atoms with Crippen molar-refractivity contribution < 1.29 is 27.5 Å². The van der Waals surface area contributed by atoms with E-state index in [1.807, 2.05) is 0 Å². The second-order valence-electron chi connectivity index (χ2n) is 6.33. The summed E-state index contributed by atoms with van der Waals surface area (Å²) in [6.45, 7) is 5.42. The first kappa shape index (κ1) is 18.0. The molecule has 0 spiro atoms. The molecule has 2 rings (SSSR count). The Labute approximate surface area is 135 Å². The minimum atomic E-state index is -4.69. The van der Waals surface area contributed by atoms with Crippen LogP contribution in [-0.4, -0.2) is 50.3 Å². The Morgan fingerprint density at radius 3 is 2.54 bits per heavy atom. The molecule has 0 bridgehead atoms. The van der Waals surface area contributed by atoms with Crippen LogP contribution >= 0.6 is 0 Å². The Hall–Kier alpha value is -2.33. The second kappa shape index (κ2) is 6.29. The first-order chi connectivity index (χ1) is 11.0. The summed E-state index contributed by atoms with van der Waals surface area (Å²) in [6.07, 6.45) is -4.38. The zero-order valence-electron chi connectivity index (χ0n) is 13.4. The number of alkyl halides is 3. The third kappa shape index (κ3) is 4.36. The Kier molecular flexibility index (Phi) is 4.72. The van der Waals surface area contributed by atoms with Crippen molar-refractivity contribution >= 4 is 17.9 Å². The SMILES string of the molecule is CC(C)(C)OC(=O)N1CCC[C@H]1C(=O)Nc1n[nH]c(C(F)(F)F)n1. The van der Waals surface area contributed by atoms with Crippen LogP contribution in [-0.2, 0) is 15.7 Å². The van der Waals surface area contributed by atoms with Gasteiger partial charge in [-0.3, -0.25) is 20.1 Å². The molecule has 0 saturated carbocycles. The van der Waals surface area contributed by atoms with Crippen LogP contribution in [0.2, 0.25) is 0 Å². The molecule has 0 unspecified atom stereocenters. The van der Waals surface area contributed by atoms with Crippen molar-refractivity contribution in [2.24, 2.45) is 0 Å². The van der Waals surface area contributed by atoms with E-state index in [4.69, 9.17) is 4.74 Å². The van der Waals surface area contributed by atoms with Crippen LogP contribution < -0.4 is 5.32 Å². The average Bonchev–Trinajstić information content (AvgIpc) is 3.03. The monoisotopic (exact) mass is 349 g/mol. The molecule has 2 N–H and O–H groups in total. The van der Waals surface area contributed by atoms with Gasteiger partial charge in [0.2, 0.25) is 17.7 Å². The molecule has 1 saturated heterocycles. The zero-order chi connectivity index (χ0) is 18.1. The number of carbonyl (C=O) groups is 2. The van der Waals surface area contributed by atoms with Gasteiger partial charge in [-0.25, -0.2) is 4.79 Å². The highest BCUT2D eigenvalue weighted by Gasteiger charge is 2.38. The molecule has 11 heteroatoms. The predicted octanol–water partition coefficient (Wildman–Crippen LogP) is 2.16. The maximum atomic E-state index is 12.4. The lowest BCUT2D eigenvalue weighted by Gasteiger charge is -2.27. The number of hydrogen-bond donors (Lipinski definition) is 2. The summed E-state index contributed by atoms with van der Waals surface area (Å²) in [4.78, 5) is 28.7. The van der Waals surface area contributed by atoms with Gasteiger partial charge in [0.15, 0.2) is 0 Å². The molecule has 1 aromatic heterocycles. The van der Waals surface area contributed by atoms with Crippen LogP contribution in [0.1, 0.15) is 39.4 Å². The second-order valence-corrected chi connectivity index (χ2v) is 6.33. The first-order valence-electron chi connectivity index (χ1n) is 7.27. The highest BCUT2D eigenvalue weighted by atomic mass is 19.4. The molecule has 0 radical (unpaired) electrons. The molecule has 24 heavy (non-hydrogen) atoms. The number of H-pyrrole nitrogens is 1. The molecule has 134 valence electrons. The number of halogens is 3. The van der Waals surface area contributed by atoms with Gasteiger partial charge in [-0.15, -0.1) is 5.10 Å². The average molecular weight is 349 g/mol. The van der Waals surface area contributed by atoms with Crippen LogP contribution in [0.15, 0.2) is 0 Å². The van der Waals surface area contributed by atoms with E-state index in [1.165, 1.54) is 4.90 Å². The lowest BCUT2D eigenvalue weighted by Crippen LogP contribution is -2.45. The summed E-state index contributed by atoms with van der Waals surface area (Å²) in [7, 11) is 0. The topological polar surface area (TPSA) is 100 Å². The predicted molar refractivity (Wildman–Crippen MR) is 76.0 cm³/mol. The molecular weight excluding hydrogens is 331 g/mol. The fraction of sp³-hybridized carbons (Fsp3) is 0.692. The summed E-state index contributed by atoms with van der Waals surface area (Å²) >= 11 is 0. The van der Waals surface area contributed by atoms with E-state index in [9.17, 15) is 22.8 Å². The van der Waals surface area contributed by atoms with Gasteiger partial charge in [-0.1, -0.05) is 0 Å². The van der Waals surface area contributed by atoms with E-state index >= 15 is 0 Å². The van der Waals surface area contributed by atoms with Crippen LogP contribution in [0, 0.1) is 0 Å². The Morgan fingerprint density at radius 1 is 1.33 bits per heavy atom. The maximum Gasteiger partial charge on any atom is 0.451 e. The van der Waals surface area contributed by atoms with Crippen LogP contribution in [0.3, 0.4) is 0 Å². The molecule has 1 aromatic rings. The van der Waals surface area contributed by atoms with Crippen LogP contribution in [0.5, 0.6) is 0 Å². The van der Waals surface area contributed by atoms with Crippen molar-refractivity contribution in [3.05, 3.63) is 5.82 Å². The van der Waals surface area contributed by atoms with E-state index < -0.39 is 41.6 Å². The van der Waals surface area contributed by atoms with Gasteiger partial charge in [0, 0.05) is 6.54 Å². The molecule has 0 aliphatic carbocycles. The summed E-state index contributed by atoms with van der Waals surface area (Å²) in [5.41, 5.74) is -0.716. The number of nitrogens with zero attached hydrogens (tertiary/aromatic N) is 3. The number of aromatic amines is 1. The van der Waals surface area contributed by atoms with Gasteiger partial charge in [0.05, 0.1) is 0 Å². The number of likely N-dealkylation sites (tertiary alicyclic amines) is 1. The van der Waals surface area contributed by atoms with Crippen molar-refractivity contribution in [3.63, 3.8) is 0 Å². The number of carbonyl (C=O) groups excluding carboxylic acids is 2. The Bertz CT molecular complexity index is 623. The minimum absolute atomic E-state index is 0.328. The smallest absolute Gasteiger partial charge is 0.444 e. The highest BCUT2D eigenvalue weighted by molar-refractivity contribution is 5.95. The van der Waals surface area contributed by atoms with Crippen molar-refractivity contribution in [2.75, 3.05) is 11.9 Å². The molecule has 1 atom stereocenters. The van der Waals surface area contributed by atoms with E-state index in [0.29, 0.717) is 19.4 Å². The lowest BCUT2D eigenvalue weighted by molar-refractivity contribution is -0.144. The standard InChI is InChI=1S/C13H18F3N5O3/c1-12(2,3)24-11(23)21-6-4-5-7(21)8(22)17-10-18-9(19-20-10)13(14,15)16/h7H,4-6H2,1-3H3,(H2,17,18,19,20,22)/t7-/m0/s1. The largest absolute Gasteiger partial charge is 0.451 e. The van der Waals surface area contributed by atoms with Gasteiger partial charge >= 0.3 is 12.3 Å². The lowest BCUT2D eigenvalue weighted by atomic mass is 10.2. The first-order valence-corrected chi connectivity index (χ1v) is 7.27. The Morgan fingerprint density at radius 2 is 2.00 bits per heavy atom. The molecule has 2 amide bonds. The van der Waals surface area contributed by atoms with Crippen molar-refractivity contribution in [3.8, 4) is 0 Å². The summed E-state index contributed by atoms with van der Waals surface area (Å²) < 4.78 is 42.6. The molecule has 2 heterocycles. The number of hydrogen-bond acceptors (Lipinski definition) is 5. The third-order valence-corrected chi connectivity index (χ3v) is 3.17. The third-order valence-electron chi connectivity index (χ3n) is 3.17. The van der Waals surface area contributed by atoms with Crippen LogP contribution in [0.25, 0.3) is 0 Å². The summed E-state index contributed by atoms with van der Waals surface area (Å²) in [5.74, 6) is -2.47. The number of anilines is 1. The van der Waals surface area contributed by atoms with Crippen LogP contribution in [0.4, 0.5) is 23.9 Å². The molecule has 8 nitrogen and oxygen atoms in total. The van der Waals surface area contributed by atoms with Gasteiger partial charge in [-0.2, -0.15) is 18.2 Å². The number of aromatic nitrogens is 3. The van der Waals surface area contributed by atoms with Crippen molar-refractivity contribution in [1.82, 2.24) is 20.1 Å². The van der Waals surface area contributed by atoms with Gasteiger partial charge in [0.1, 0.15) is 11.6 Å². The summed E-state index contributed by atoms with van der Waals surface area (Å²) in [6, 6.07) is -0.840. The number of nitrogens with one attached hydrogen (secondary N) is 2. The molecule has 0 aromatic carbocycles. The minimum Gasteiger partial charge on any atom is -0.444 e. The summed E-state index contributed by atoms with van der Waals surface area (Å²) in [5, 5.41) is 7.18. The van der Waals surface area contributed by atoms with Crippen molar-refractivity contribution in [1.29, 1.82) is 0 Å². The van der Waals surface area contributed by atoms with E-state index in [1.54, 1.807) is 25.9 Å². The quantitative estimate of drug-likeness (QED) is 0.852. The van der Waals surface area contributed by atoms with Gasteiger partial charge < -0.3 is 4.74 Å². The fourth-order valence-corrected chi connectivity index (χ4v) is 2.22. The van der Waals surface area contributed by atoms with E-state index in [2.05, 4.69) is 15.4 Å². The van der Waals surface area contributed by atoms with Gasteiger partial charge in [-0.05, 0) is 33.6 Å². The van der Waals surface area contributed by atoms with E-state index in [0.717, 1.165) is 0 Å². The molecule has 1 aliphatic heterocycles. The fourth-order valence-electron chi connectivity index (χ4n) is 2.22. The van der Waals surface area contributed by atoms with Gasteiger partial charge in [0.25, 0.3) is 0 Å². The van der Waals surface area contributed by atoms with E-state index in [-0.39, 0.29) is 0 Å². The number of rotatable bonds is 2. The maximum absolute atomic E-state index is 12.4. The molecule has 1 fully saturated rings. The van der Waals surface area contributed by atoms with Crippen molar-refractivity contribution in [2.45, 2.75) is 51.4 Å². The number of amides is 2. The molecule has 1 aliphatic rings. The highest BCUT2D eigenvalue weighted by Crippen LogP contribution is 2.26. The molecular formula is C13H18F3N5O3. The Balaban J connectivity index is 2.03. The zero-order valence-corrected chi connectivity index (χ0v) is 13.4. The number of ether oxygens (including phenoxy) is 1. The normalized spacial score (nSPS) is 18.6.